The van der Waals surface area contributed by atoms with Gasteiger partial charge in [0.25, 0.3) is 0 Å². The van der Waals surface area contributed by atoms with Gasteiger partial charge >= 0.3 is 0 Å². The van der Waals surface area contributed by atoms with Gasteiger partial charge in [-0.15, -0.1) is 0 Å². The van der Waals surface area contributed by atoms with Crippen molar-refractivity contribution in [3.8, 4) is 28.7 Å². The summed E-state index contributed by atoms with van der Waals surface area (Å²) in [5, 5.41) is 8.77. The van der Waals surface area contributed by atoms with Gasteiger partial charge in [-0.3, -0.25) is 4.57 Å². The molecule has 0 amide bonds. The highest BCUT2D eigenvalue weighted by Gasteiger charge is 2.19. The lowest BCUT2D eigenvalue weighted by molar-refractivity contribution is 0.669. The first-order chi connectivity index (χ1) is 27.2. The number of rotatable bonds is 3. The Morgan fingerprint density at radius 1 is 0.420 bits per heavy atom. The molecule has 8 aromatic carbocycles. The summed E-state index contributed by atoms with van der Waals surface area (Å²) in [7, 11) is 0. The first-order valence-electron chi connectivity index (χ1n) is 19.3. The minimum absolute atomic E-state index is 0.0643. The summed E-state index contributed by atoms with van der Waals surface area (Å²) in [6.45, 7) is 0. The van der Waals surface area contributed by atoms with Gasteiger partial charge in [0, 0.05) is 32.7 Å². The van der Waals surface area contributed by atoms with Gasteiger partial charge in [0.05, 0.1) is 19.3 Å². The van der Waals surface area contributed by atoms with Crippen LogP contribution in [0.3, 0.4) is 0 Å². The first kappa shape index (κ1) is 21.9. The highest BCUT2D eigenvalue weighted by atomic mass is 16.3. The second-order valence-corrected chi connectivity index (χ2v) is 12.3. The average molecular weight is 645 g/mol. The number of benzene rings is 8. The Hall–Kier alpha value is -6.85. The van der Waals surface area contributed by atoms with Crippen LogP contribution in [0.1, 0.15) is 8.22 Å². The number of furan rings is 1. The molecule has 0 bridgehead atoms. The van der Waals surface area contributed by atoms with Gasteiger partial charge in [-0.2, -0.15) is 9.97 Å². The molecule has 0 fully saturated rings. The molecule has 0 aliphatic rings. The molecule has 0 N–H and O–H groups in total. The van der Waals surface area contributed by atoms with Crippen molar-refractivity contribution in [3.05, 3.63) is 158 Å². The number of hydrogen-bond acceptors (Lipinski definition) is 4. The van der Waals surface area contributed by atoms with E-state index < -0.39 is 0 Å². The van der Waals surface area contributed by atoms with E-state index in [-0.39, 0.29) is 64.0 Å². The zero-order valence-electron chi connectivity index (χ0n) is 32.2. The summed E-state index contributed by atoms with van der Waals surface area (Å²) in [5.41, 5.74) is 3.08. The fourth-order valence-corrected chi connectivity index (χ4v) is 7.35. The summed E-state index contributed by atoms with van der Waals surface area (Å²) < 4.78 is 60.6. The minimum atomic E-state index is -0.211. The highest BCUT2D eigenvalue weighted by molar-refractivity contribution is 6.25. The second kappa shape index (κ2) is 10.3. The van der Waals surface area contributed by atoms with Gasteiger partial charge in [0.15, 0.2) is 11.6 Å². The zero-order valence-corrected chi connectivity index (χ0v) is 26.2. The molecule has 0 radical (unpaired) electrons. The van der Waals surface area contributed by atoms with Crippen molar-refractivity contribution in [2.45, 2.75) is 0 Å². The van der Waals surface area contributed by atoms with Gasteiger partial charge in [0.2, 0.25) is 5.95 Å². The Kier molecular flexibility index (Phi) is 4.52. The quantitative estimate of drug-likeness (QED) is 0.180. The largest absolute Gasteiger partial charge is 0.456 e. The molecule has 0 saturated heterocycles. The standard InChI is InChI=1S/C45H26N4O/c1-2-13-31-29(11-1)30-12-3-4-14-32(30)38-25-27(21-23-33(31)38)43-46-44(28-22-24-37-36-17-7-10-20-41(36)50-42(37)26-28)48-45(47-43)49-39-18-8-5-15-34(39)35-16-6-9-19-40(35)49/h1-26H/i5D,6D,15D,16D,18D,19D. The van der Waals surface area contributed by atoms with Crippen molar-refractivity contribution in [3.63, 3.8) is 0 Å². The zero-order chi connectivity index (χ0) is 38.0. The van der Waals surface area contributed by atoms with Gasteiger partial charge < -0.3 is 4.42 Å². The van der Waals surface area contributed by atoms with Crippen molar-refractivity contribution in [2.75, 3.05) is 0 Å². The highest BCUT2D eigenvalue weighted by Crippen LogP contribution is 2.38. The Bertz CT molecular complexity index is 3410. The molecule has 11 aromatic rings. The minimum Gasteiger partial charge on any atom is -0.456 e. The van der Waals surface area contributed by atoms with E-state index in [2.05, 4.69) is 36.4 Å². The molecule has 0 spiro atoms. The van der Waals surface area contributed by atoms with Crippen LogP contribution in [0.15, 0.2) is 162 Å². The molecule has 232 valence electrons. The van der Waals surface area contributed by atoms with Gasteiger partial charge in [-0.05, 0) is 68.7 Å². The Labute approximate surface area is 294 Å². The first-order valence-corrected chi connectivity index (χ1v) is 16.3. The predicted octanol–water partition coefficient (Wildman–Crippen LogP) is 11.7. The molecule has 5 nitrogen and oxygen atoms in total. The Morgan fingerprint density at radius 2 is 0.920 bits per heavy atom. The van der Waals surface area contributed by atoms with E-state index >= 15 is 0 Å². The van der Waals surface area contributed by atoms with Crippen LogP contribution in [-0.2, 0) is 0 Å². The Balaban J connectivity index is 1.25. The number of fused-ring (bicyclic) bond motifs is 12. The fraction of sp³-hybridized carbons (Fsp3) is 0. The van der Waals surface area contributed by atoms with Crippen LogP contribution in [0.2, 0.25) is 0 Å². The van der Waals surface area contributed by atoms with Crippen molar-refractivity contribution < 1.29 is 12.6 Å². The van der Waals surface area contributed by atoms with Gasteiger partial charge in [0.1, 0.15) is 11.2 Å². The number of hydrogen-bond donors (Lipinski definition) is 0. The maximum Gasteiger partial charge on any atom is 0.238 e. The fourth-order valence-electron chi connectivity index (χ4n) is 7.35. The summed E-state index contributed by atoms with van der Waals surface area (Å²) in [4.78, 5) is 15.1. The smallest absolute Gasteiger partial charge is 0.238 e. The van der Waals surface area contributed by atoms with Crippen LogP contribution in [0, 0.1) is 0 Å². The van der Waals surface area contributed by atoms with Crippen LogP contribution < -0.4 is 0 Å². The van der Waals surface area contributed by atoms with Crippen molar-refractivity contribution in [1.82, 2.24) is 19.5 Å². The van der Waals surface area contributed by atoms with Crippen molar-refractivity contribution in [2.24, 2.45) is 0 Å². The molecule has 3 heterocycles. The molecular formula is C45H26N4O. The monoisotopic (exact) mass is 644 g/mol. The summed E-state index contributed by atoms with van der Waals surface area (Å²) >= 11 is 0. The van der Waals surface area contributed by atoms with Crippen LogP contribution in [0.4, 0.5) is 0 Å². The topological polar surface area (TPSA) is 56.7 Å². The van der Waals surface area contributed by atoms with Crippen LogP contribution in [0.5, 0.6) is 0 Å². The van der Waals surface area contributed by atoms with E-state index in [1.807, 2.05) is 72.8 Å². The normalized spacial score (nSPS) is 13.7. The summed E-state index contributed by atoms with van der Waals surface area (Å²) in [6, 6.07) is 37.9. The molecule has 50 heavy (non-hydrogen) atoms. The summed E-state index contributed by atoms with van der Waals surface area (Å²) in [6.07, 6.45) is 0. The lowest BCUT2D eigenvalue weighted by Gasteiger charge is -2.13. The van der Waals surface area contributed by atoms with E-state index in [9.17, 15) is 0 Å². The SMILES string of the molecule is [2H]c1cc([2H])c2c(c1[2H])c1c([2H])c([2H])cc([2H])c1n2-c1nc(-c2ccc3c(c2)oc2ccccc23)nc(-c2ccc3c4ccccc4c4ccccc4c3c2)n1. The molecule has 0 unspecified atom stereocenters. The molecule has 11 rings (SSSR count). The maximum atomic E-state index is 9.05. The van der Waals surface area contributed by atoms with E-state index in [0.29, 0.717) is 28.4 Å². The third kappa shape index (κ3) is 3.92. The molecular weight excluding hydrogens is 613 g/mol. The average Bonchev–Trinajstić information content (AvgIpc) is 3.79. The second-order valence-electron chi connectivity index (χ2n) is 12.3. The van der Waals surface area contributed by atoms with Crippen molar-refractivity contribution >= 4 is 76.1 Å². The number of para-hydroxylation sites is 3. The summed E-state index contributed by atoms with van der Waals surface area (Å²) in [5.74, 6) is 0.693. The predicted molar refractivity (Wildman–Crippen MR) is 205 cm³/mol. The van der Waals surface area contributed by atoms with Crippen LogP contribution in [-0.4, -0.2) is 19.5 Å². The third-order valence-electron chi connectivity index (χ3n) is 9.59. The van der Waals surface area contributed by atoms with E-state index in [1.165, 1.54) is 16.7 Å². The third-order valence-corrected chi connectivity index (χ3v) is 9.59. The number of nitrogens with zero attached hydrogens (tertiary/aromatic N) is 4. The number of aromatic nitrogens is 4. The van der Waals surface area contributed by atoms with E-state index in [0.717, 1.165) is 48.7 Å². The van der Waals surface area contributed by atoms with Crippen molar-refractivity contribution in [1.29, 1.82) is 0 Å². The van der Waals surface area contributed by atoms with E-state index in [1.54, 1.807) is 0 Å². The lowest BCUT2D eigenvalue weighted by atomic mass is 9.93. The molecule has 3 aromatic heterocycles. The molecule has 0 aliphatic heterocycles. The van der Waals surface area contributed by atoms with Crippen LogP contribution >= 0.6 is 0 Å². The van der Waals surface area contributed by atoms with Gasteiger partial charge in [-0.1, -0.05) is 121 Å². The maximum absolute atomic E-state index is 9.05. The van der Waals surface area contributed by atoms with E-state index in [4.69, 9.17) is 27.6 Å². The Morgan fingerprint density at radius 3 is 1.56 bits per heavy atom. The van der Waals surface area contributed by atoms with Crippen LogP contribution in [0.25, 0.3) is 105 Å². The molecule has 0 saturated carbocycles. The molecule has 0 atom stereocenters. The lowest BCUT2D eigenvalue weighted by Crippen LogP contribution is -2.06. The van der Waals surface area contributed by atoms with Gasteiger partial charge in [-0.25, -0.2) is 4.98 Å². The molecule has 5 heteroatoms. The molecule has 0 aliphatic carbocycles.